The van der Waals surface area contributed by atoms with Crippen molar-refractivity contribution in [3.05, 3.63) is 23.3 Å². The summed E-state index contributed by atoms with van der Waals surface area (Å²) in [5.41, 5.74) is -5.65. The largest absolute Gasteiger partial charge is 0.458 e. The molecule has 0 heterocycles. The van der Waals surface area contributed by atoms with E-state index in [0.29, 0.717) is 17.6 Å². The van der Waals surface area contributed by atoms with Gasteiger partial charge >= 0.3 is 11.9 Å². The van der Waals surface area contributed by atoms with Crippen molar-refractivity contribution >= 4 is 17.7 Å². The Labute approximate surface area is 281 Å². The molecule has 4 aliphatic rings. The van der Waals surface area contributed by atoms with Crippen LogP contribution in [0, 0.1) is 29.1 Å². The summed E-state index contributed by atoms with van der Waals surface area (Å²) in [6.45, 7) is 7.68. The first kappa shape index (κ1) is 37.7. The lowest BCUT2D eigenvalue weighted by Gasteiger charge is -2.53. The summed E-state index contributed by atoms with van der Waals surface area (Å²) in [5.74, 6) is -5.10. The molecule has 0 unspecified atom stereocenters. The maximum absolute atomic E-state index is 13.4. The summed E-state index contributed by atoms with van der Waals surface area (Å²) in [4.78, 5) is 39.3. The molecule has 0 aromatic carbocycles. The molecular formula is C38H60O9. The van der Waals surface area contributed by atoms with Crippen LogP contribution >= 0.6 is 0 Å². The van der Waals surface area contributed by atoms with E-state index in [4.69, 9.17) is 9.47 Å². The van der Waals surface area contributed by atoms with E-state index < -0.39 is 82.9 Å². The Hall–Kier alpha value is -2.07. The Balaban J connectivity index is 1.46. The van der Waals surface area contributed by atoms with Crippen molar-refractivity contribution in [3.8, 4) is 0 Å². The Bertz CT molecular complexity index is 1210. The number of carbonyl (C=O) groups is 3. The topological polar surface area (TPSA) is 151 Å². The second kappa shape index (κ2) is 15.2. The van der Waals surface area contributed by atoms with E-state index in [1.807, 2.05) is 0 Å². The molecule has 4 aliphatic carbocycles. The molecule has 9 atom stereocenters. The van der Waals surface area contributed by atoms with Gasteiger partial charge < -0.3 is 29.9 Å². The normalized spacial score (nSPS) is 37.2. The van der Waals surface area contributed by atoms with Gasteiger partial charge in [-0.25, -0.2) is 0 Å². The molecule has 47 heavy (non-hydrogen) atoms. The van der Waals surface area contributed by atoms with E-state index in [9.17, 15) is 34.8 Å². The fraction of sp³-hybridized carbons (Fsp3) is 0.816. The molecule has 9 heteroatoms. The van der Waals surface area contributed by atoms with Gasteiger partial charge in [-0.3, -0.25) is 14.4 Å². The quantitative estimate of drug-likeness (QED) is 0.0848. The monoisotopic (exact) mass is 660 g/mol. The Morgan fingerprint density at radius 1 is 0.915 bits per heavy atom. The molecule has 0 aliphatic heterocycles. The van der Waals surface area contributed by atoms with E-state index in [1.54, 1.807) is 32.9 Å². The number of unbranched alkanes of at least 4 members (excludes halogenated alkanes) is 12. The van der Waals surface area contributed by atoms with E-state index in [0.717, 1.165) is 19.3 Å². The number of aliphatic hydroxyl groups excluding tert-OH is 2. The number of fused-ring (bicyclic) bond motifs is 5. The number of Topliss-reactive ketones (excluding diaryl/α,β-unsaturated/α-hetero) is 1. The van der Waals surface area contributed by atoms with Crippen molar-refractivity contribution in [1.29, 1.82) is 0 Å². The van der Waals surface area contributed by atoms with Gasteiger partial charge in [0.05, 0.1) is 18.8 Å². The van der Waals surface area contributed by atoms with Crippen molar-refractivity contribution in [1.82, 2.24) is 0 Å². The van der Waals surface area contributed by atoms with Crippen LogP contribution in [0.2, 0.25) is 0 Å². The molecule has 0 saturated heterocycles. The third kappa shape index (κ3) is 6.75. The van der Waals surface area contributed by atoms with Gasteiger partial charge in [0, 0.05) is 48.9 Å². The summed E-state index contributed by atoms with van der Waals surface area (Å²) in [7, 11) is 0. The number of ketones is 1. The molecule has 4 rings (SSSR count). The Morgan fingerprint density at radius 3 is 1.98 bits per heavy atom. The van der Waals surface area contributed by atoms with Gasteiger partial charge in [0.25, 0.3) is 0 Å². The SMILES string of the molecule is CCCCCCCCCCCCCCCC(=O)O[C@@H]1[C@@H](C)[C@]2(O)[C@H](C=C(CO)C[C@]3(O)C(=O)C(C)=C[C@@H]23)[C@H]2[C@]1(OC(C)=O)[C@]2(C)CO. The smallest absolute Gasteiger partial charge is 0.306 e. The van der Waals surface area contributed by atoms with Crippen molar-refractivity contribution < 1.29 is 44.3 Å². The zero-order chi connectivity index (χ0) is 34.6. The highest BCUT2D eigenvalue weighted by atomic mass is 16.6. The van der Waals surface area contributed by atoms with Gasteiger partial charge in [-0.05, 0) is 24.5 Å². The predicted octanol–water partition coefficient (Wildman–Crippen LogP) is 5.51. The first-order chi connectivity index (χ1) is 22.3. The molecule has 2 saturated carbocycles. The van der Waals surface area contributed by atoms with Gasteiger partial charge in [-0.15, -0.1) is 0 Å². The van der Waals surface area contributed by atoms with E-state index in [-0.39, 0.29) is 12.8 Å². The van der Waals surface area contributed by atoms with Crippen LogP contribution in [0.25, 0.3) is 0 Å². The van der Waals surface area contributed by atoms with Crippen LogP contribution < -0.4 is 0 Å². The van der Waals surface area contributed by atoms with Crippen LogP contribution in [0.5, 0.6) is 0 Å². The molecule has 266 valence electrons. The van der Waals surface area contributed by atoms with Crippen LogP contribution in [-0.2, 0) is 23.9 Å². The van der Waals surface area contributed by atoms with Gasteiger partial charge in [-0.1, -0.05) is 110 Å². The molecule has 0 bridgehead atoms. The van der Waals surface area contributed by atoms with Gasteiger partial charge in [0.2, 0.25) is 0 Å². The summed E-state index contributed by atoms with van der Waals surface area (Å²) in [6.07, 6.45) is 17.5. The van der Waals surface area contributed by atoms with Crippen LogP contribution in [0.15, 0.2) is 23.3 Å². The van der Waals surface area contributed by atoms with Gasteiger partial charge in [0.1, 0.15) is 11.7 Å². The van der Waals surface area contributed by atoms with Crippen molar-refractivity contribution in [2.75, 3.05) is 13.2 Å². The summed E-state index contributed by atoms with van der Waals surface area (Å²) in [5, 5.41) is 45.6. The lowest BCUT2D eigenvalue weighted by Crippen LogP contribution is -2.66. The molecule has 0 amide bonds. The first-order valence-electron chi connectivity index (χ1n) is 18.3. The molecule has 0 aromatic rings. The number of esters is 2. The second-order valence-corrected chi connectivity index (χ2v) is 15.3. The number of rotatable bonds is 18. The highest BCUT2D eigenvalue weighted by Gasteiger charge is 2.89. The van der Waals surface area contributed by atoms with Crippen LogP contribution in [-0.4, -0.2) is 74.3 Å². The second-order valence-electron chi connectivity index (χ2n) is 15.3. The fourth-order valence-electron chi connectivity index (χ4n) is 9.57. The van der Waals surface area contributed by atoms with Crippen LogP contribution in [0.3, 0.4) is 0 Å². The predicted molar refractivity (Wildman–Crippen MR) is 178 cm³/mol. The highest BCUT2D eigenvalue weighted by molar-refractivity contribution is 6.04. The third-order valence-corrected chi connectivity index (χ3v) is 12.1. The molecule has 0 spiro atoms. The van der Waals surface area contributed by atoms with Crippen molar-refractivity contribution in [3.63, 3.8) is 0 Å². The number of hydrogen-bond donors (Lipinski definition) is 4. The summed E-state index contributed by atoms with van der Waals surface area (Å²) in [6, 6.07) is 0. The number of ether oxygens (including phenoxy) is 2. The maximum atomic E-state index is 13.4. The summed E-state index contributed by atoms with van der Waals surface area (Å²) >= 11 is 0. The lowest BCUT2D eigenvalue weighted by molar-refractivity contribution is -0.228. The third-order valence-electron chi connectivity index (χ3n) is 12.1. The number of hydrogen-bond acceptors (Lipinski definition) is 9. The minimum absolute atomic E-state index is 0.166. The minimum Gasteiger partial charge on any atom is -0.458 e. The van der Waals surface area contributed by atoms with E-state index in [2.05, 4.69) is 6.92 Å². The van der Waals surface area contributed by atoms with Crippen molar-refractivity contribution in [2.45, 2.75) is 154 Å². The average molecular weight is 661 g/mol. The molecule has 9 nitrogen and oxygen atoms in total. The zero-order valence-corrected chi connectivity index (χ0v) is 29.4. The number of aliphatic hydroxyl groups is 4. The zero-order valence-electron chi connectivity index (χ0n) is 29.4. The molecule has 0 radical (unpaired) electrons. The van der Waals surface area contributed by atoms with E-state index >= 15 is 0 Å². The standard InChI is InChI=1S/C38H60O9/c1-6-7-8-9-10-11-12-13-14-15-16-17-18-19-31(42)46-34-26(3)37(45)29(32-35(5,24-40)38(32,34)47-27(4)41)21-28(23-39)22-36(44)30(37)20-25(2)33(36)43/h20-21,26,29-30,32,34,39-40,44-45H,6-19,22-24H2,1-5H3/t26-,29-,30-,32-,34-,35-,36-,37+,38-/m1/s1. The van der Waals surface area contributed by atoms with Gasteiger partial charge in [0.15, 0.2) is 11.4 Å². The van der Waals surface area contributed by atoms with Gasteiger partial charge in [-0.2, -0.15) is 0 Å². The molecule has 2 fully saturated rings. The van der Waals surface area contributed by atoms with E-state index in [1.165, 1.54) is 64.7 Å². The molecule has 4 N–H and O–H groups in total. The lowest BCUT2D eigenvalue weighted by atomic mass is 9.59. The highest BCUT2D eigenvalue weighted by Crippen LogP contribution is 2.77. The van der Waals surface area contributed by atoms with Crippen molar-refractivity contribution in [2.24, 2.45) is 29.1 Å². The average Bonchev–Trinajstić information content (AvgIpc) is 3.51. The number of carbonyl (C=O) groups excluding carboxylic acids is 3. The molecule has 0 aromatic heterocycles. The fourth-order valence-corrected chi connectivity index (χ4v) is 9.57. The minimum atomic E-state index is -1.99. The molecular weight excluding hydrogens is 600 g/mol. The van der Waals surface area contributed by atoms with Crippen LogP contribution in [0.1, 0.15) is 131 Å². The maximum Gasteiger partial charge on any atom is 0.306 e. The first-order valence-corrected chi connectivity index (χ1v) is 18.3. The van der Waals surface area contributed by atoms with Crippen LogP contribution in [0.4, 0.5) is 0 Å². The Morgan fingerprint density at radius 2 is 1.47 bits per heavy atom. The Kier molecular flexibility index (Phi) is 12.2. The summed E-state index contributed by atoms with van der Waals surface area (Å²) < 4.78 is 12.2.